The fraction of sp³-hybridized carbons (Fsp3) is 0.500. The topological polar surface area (TPSA) is 63.0 Å². The molecule has 8 heteroatoms. The molecule has 2 aliphatic rings. The third-order valence-corrected chi connectivity index (χ3v) is 7.18. The number of methoxy groups -OCH3 is 1. The van der Waals surface area contributed by atoms with Gasteiger partial charge in [-0.05, 0) is 56.4 Å². The van der Waals surface area contributed by atoms with Crippen molar-refractivity contribution in [2.24, 2.45) is 5.92 Å². The molecule has 2 aliphatic heterocycles. The molecule has 158 valence electrons. The number of fused-ring (bicyclic) bond motifs is 1. The van der Waals surface area contributed by atoms with E-state index in [1.54, 1.807) is 18.4 Å². The van der Waals surface area contributed by atoms with Crippen LogP contribution in [-0.4, -0.2) is 58.7 Å². The number of anilines is 1. The minimum atomic E-state index is 0.171. The van der Waals surface area contributed by atoms with Gasteiger partial charge in [0.15, 0.2) is 0 Å². The highest BCUT2D eigenvalue weighted by Crippen LogP contribution is 2.31. The number of nitrogens with zero attached hydrogens (tertiary/aromatic N) is 5. The first kappa shape index (κ1) is 19.4. The number of aromatic nitrogens is 3. The normalized spacial score (nSPS) is 18.2. The van der Waals surface area contributed by atoms with Gasteiger partial charge in [0.25, 0.3) is 0 Å². The number of ether oxygens (including phenoxy) is 1. The molecule has 2 fully saturated rings. The molecule has 1 amide bonds. The molecule has 2 aromatic heterocycles. The Balaban J connectivity index is 1.23. The van der Waals surface area contributed by atoms with E-state index in [-0.39, 0.29) is 5.92 Å². The average molecular weight is 426 g/mol. The lowest BCUT2D eigenvalue weighted by Crippen LogP contribution is -2.44. The first-order valence-electron chi connectivity index (χ1n) is 10.8. The smallest absolute Gasteiger partial charge is 0.225 e. The van der Waals surface area contributed by atoms with E-state index in [1.807, 2.05) is 35.0 Å². The second-order valence-electron chi connectivity index (χ2n) is 8.11. The van der Waals surface area contributed by atoms with Crippen molar-refractivity contribution in [2.75, 3.05) is 38.2 Å². The van der Waals surface area contributed by atoms with Crippen molar-refractivity contribution in [3.05, 3.63) is 30.5 Å². The standard InChI is InChI=1S/C22H27N5O2S/c1-29-18-7-5-16(6-8-18)19-15-27-21(23-19)30-22(24-27)26-13-9-17(10-14-26)20(28)25-11-3-2-4-12-25/h5-8,15,17H,2-4,9-14H2,1H3. The maximum Gasteiger partial charge on any atom is 0.225 e. The Morgan fingerprint density at radius 2 is 1.80 bits per heavy atom. The number of amides is 1. The van der Waals surface area contributed by atoms with Crippen molar-refractivity contribution in [1.82, 2.24) is 19.5 Å². The second-order valence-corrected chi connectivity index (χ2v) is 9.05. The highest BCUT2D eigenvalue weighted by Gasteiger charge is 2.30. The first-order valence-corrected chi connectivity index (χ1v) is 11.6. The highest BCUT2D eigenvalue weighted by atomic mass is 32.1. The van der Waals surface area contributed by atoms with Gasteiger partial charge in [-0.1, -0.05) is 11.3 Å². The molecule has 0 saturated carbocycles. The zero-order valence-electron chi connectivity index (χ0n) is 17.3. The first-order chi connectivity index (χ1) is 14.7. The van der Waals surface area contributed by atoms with Crippen LogP contribution < -0.4 is 9.64 Å². The Bertz CT molecular complexity index is 983. The van der Waals surface area contributed by atoms with E-state index in [4.69, 9.17) is 14.8 Å². The molecule has 0 spiro atoms. The van der Waals surface area contributed by atoms with E-state index in [0.717, 1.165) is 79.0 Å². The number of likely N-dealkylation sites (tertiary alicyclic amines) is 1. The van der Waals surface area contributed by atoms with Crippen LogP contribution in [0.15, 0.2) is 30.5 Å². The highest BCUT2D eigenvalue weighted by molar-refractivity contribution is 7.20. The number of benzene rings is 1. The largest absolute Gasteiger partial charge is 0.497 e. The summed E-state index contributed by atoms with van der Waals surface area (Å²) in [7, 11) is 1.67. The Morgan fingerprint density at radius 1 is 1.07 bits per heavy atom. The summed E-state index contributed by atoms with van der Waals surface area (Å²) < 4.78 is 7.09. The molecule has 0 bridgehead atoms. The molecule has 5 rings (SSSR count). The van der Waals surface area contributed by atoms with E-state index < -0.39 is 0 Å². The summed E-state index contributed by atoms with van der Waals surface area (Å²) in [6, 6.07) is 7.90. The molecule has 4 heterocycles. The maximum absolute atomic E-state index is 12.8. The van der Waals surface area contributed by atoms with Gasteiger partial charge in [0.05, 0.1) is 19.0 Å². The van der Waals surface area contributed by atoms with Crippen LogP contribution in [0.2, 0.25) is 0 Å². The Labute approximate surface area is 180 Å². The van der Waals surface area contributed by atoms with Crippen molar-refractivity contribution >= 4 is 27.3 Å². The fourth-order valence-electron chi connectivity index (χ4n) is 4.41. The molecule has 2 saturated heterocycles. The number of carbonyl (C=O) groups excluding carboxylic acids is 1. The second kappa shape index (κ2) is 8.26. The van der Waals surface area contributed by atoms with Crippen LogP contribution in [0.1, 0.15) is 32.1 Å². The minimum absolute atomic E-state index is 0.171. The lowest BCUT2D eigenvalue weighted by Gasteiger charge is -2.35. The molecule has 0 atom stereocenters. The maximum atomic E-state index is 12.8. The predicted octanol–water partition coefficient (Wildman–Crippen LogP) is 3.70. The Hall–Kier alpha value is -2.61. The third kappa shape index (κ3) is 3.76. The van der Waals surface area contributed by atoms with Gasteiger partial charge in [0.2, 0.25) is 16.0 Å². The molecular weight excluding hydrogens is 398 g/mol. The van der Waals surface area contributed by atoms with Crippen molar-refractivity contribution in [2.45, 2.75) is 32.1 Å². The molecule has 1 aromatic carbocycles. The molecular formula is C22H27N5O2S. The van der Waals surface area contributed by atoms with E-state index in [2.05, 4.69) is 9.80 Å². The number of hydrogen-bond acceptors (Lipinski definition) is 6. The number of rotatable bonds is 4. The zero-order valence-corrected chi connectivity index (χ0v) is 18.1. The van der Waals surface area contributed by atoms with Crippen molar-refractivity contribution in [1.29, 1.82) is 0 Å². The van der Waals surface area contributed by atoms with Crippen molar-refractivity contribution in [3.8, 4) is 17.0 Å². The lowest BCUT2D eigenvalue weighted by atomic mass is 9.94. The van der Waals surface area contributed by atoms with Gasteiger partial charge in [-0.15, -0.1) is 5.10 Å². The minimum Gasteiger partial charge on any atom is -0.497 e. The van der Waals surface area contributed by atoms with Crippen LogP contribution in [0.25, 0.3) is 16.2 Å². The molecule has 3 aromatic rings. The van der Waals surface area contributed by atoms with Gasteiger partial charge in [-0.25, -0.2) is 9.50 Å². The summed E-state index contributed by atoms with van der Waals surface area (Å²) in [4.78, 5) is 22.8. The quantitative estimate of drug-likeness (QED) is 0.638. The average Bonchev–Trinajstić information content (AvgIpc) is 3.39. The van der Waals surface area contributed by atoms with Gasteiger partial charge in [-0.3, -0.25) is 4.79 Å². The van der Waals surface area contributed by atoms with Crippen LogP contribution >= 0.6 is 11.3 Å². The molecule has 7 nitrogen and oxygen atoms in total. The van der Waals surface area contributed by atoms with Crippen molar-refractivity contribution < 1.29 is 9.53 Å². The summed E-state index contributed by atoms with van der Waals surface area (Å²) in [5.74, 6) is 1.37. The zero-order chi connectivity index (χ0) is 20.5. The molecule has 0 aliphatic carbocycles. The summed E-state index contributed by atoms with van der Waals surface area (Å²) in [5.41, 5.74) is 1.96. The Kier molecular flexibility index (Phi) is 5.33. The van der Waals surface area contributed by atoms with Crippen molar-refractivity contribution in [3.63, 3.8) is 0 Å². The third-order valence-electron chi connectivity index (χ3n) is 6.20. The molecule has 0 radical (unpaired) electrons. The SMILES string of the molecule is COc1ccc(-c2cn3nc(N4CCC(C(=O)N5CCCCC5)CC4)sc3n2)cc1. The molecule has 0 unspecified atom stereocenters. The summed E-state index contributed by atoms with van der Waals surface area (Å²) in [6.07, 6.45) is 7.37. The van der Waals surface area contributed by atoms with Crippen LogP contribution in [0.4, 0.5) is 5.13 Å². The van der Waals surface area contributed by atoms with Gasteiger partial charge < -0.3 is 14.5 Å². The summed E-state index contributed by atoms with van der Waals surface area (Å²) in [5, 5.41) is 5.74. The Morgan fingerprint density at radius 3 is 2.47 bits per heavy atom. The number of imidazole rings is 1. The van der Waals surface area contributed by atoms with Gasteiger partial charge in [0, 0.05) is 37.7 Å². The monoisotopic (exact) mass is 425 g/mol. The van der Waals surface area contributed by atoms with Gasteiger partial charge in [0.1, 0.15) is 5.75 Å². The van der Waals surface area contributed by atoms with Gasteiger partial charge in [-0.2, -0.15) is 0 Å². The summed E-state index contributed by atoms with van der Waals surface area (Å²) >= 11 is 1.61. The van der Waals surface area contributed by atoms with E-state index in [0.29, 0.717) is 5.91 Å². The van der Waals surface area contributed by atoms with E-state index in [9.17, 15) is 4.79 Å². The molecule has 30 heavy (non-hydrogen) atoms. The number of hydrogen-bond donors (Lipinski definition) is 0. The van der Waals surface area contributed by atoms with E-state index in [1.165, 1.54) is 6.42 Å². The van der Waals surface area contributed by atoms with Crippen LogP contribution in [0, 0.1) is 5.92 Å². The number of carbonyl (C=O) groups is 1. The van der Waals surface area contributed by atoms with Crippen LogP contribution in [0.5, 0.6) is 5.75 Å². The van der Waals surface area contributed by atoms with E-state index >= 15 is 0 Å². The van der Waals surface area contributed by atoms with Crippen LogP contribution in [0.3, 0.4) is 0 Å². The van der Waals surface area contributed by atoms with Crippen LogP contribution in [-0.2, 0) is 4.79 Å². The number of piperidine rings is 2. The lowest BCUT2D eigenvalue weighted by molar-refractivity contribution is -0.137. The van der Waals surface area contributed by atoms with Gasteiger partial charge >= 0.3 is 0 Å². The molecule has 0 N–H and O–H groups in total. The predicted molar refractivity (Wildman–Crippen MR) is 118 cm³/mol. The summed E-state index contributed by atoms with van der Waals surface area (Å²) in [6.45, 7) is 3.65. The fourth-order valence-corrected chi connectivity index (χ4v) is 5.34.